The molecule has 0 atom stereocenters. The number of aliphatic imine (C=N–C) groups is 2. The van der Waals surface area contributed by atoms with Gasteiger partial charge in [0, 0.05) is 49.4 Å². The molecule has 0 heterocycles. The van der Waals surface area contributed by atoms with Gasteiger partial charge in [-0.25, -0.2) is 0 Å². The topological polar surface area (TPSA) is 76.8 Å². The first-order valence-corrected chi connectivity index (χ1v) is 8.78. The van der Waals surface area contributed by atoms with E-state index in [1.54, 1.807) is 7.05 Å². The van der Waals surface area contributed by atoms with Crippen molar-refractivity contribution in [2.24, 2.45) is 21.5 Å². The summed E-state index contributed by atoms with van der Waals surface area (Å²) in [5.74, 6) is 0.390. The van der Waals surface area contributed by atoms with Crippen molar-refractivity contribution in [1.29, 1.82) is 0 Å². The fourth-order valence-electron chi connectivity index (χ4n) is 2.64. The highest BCUT2D eigenvalue weighted by Crippen LogP contribution is 2.27. The summed E-state index contributed by atoms with van der Waals surface area (Å²) in [7, 11) is 1.75. The van der Waals surface area contributed by atoms with E-state index in [2.05, 4.69) is 49.0 Å². The van der Waals surface area contributed by atoms with E-state index in [1.165, 1.54) is 11.1 Å². The molecule has 0 fully saturated rings. The Balaban J connectivity index is 3.46. The van der Waals surface area contributed by atoms with Crippen molar-refractivity contribution < 1.29 is 0 Å². The zero-order chi connectivity index (χ0) is 19.0. The van der Waals surface area contributed by atoms with Gasteiger partial charge in [-0.3, -0.25) is 9.98 Å². The maximum atomic E-state index is 6.57. The lowest BCUT2D eigenvalue weighted by Gasteiger charge is -2.17. The molecular formula is C21H32N4. The summed E-state index contributed by atoms with van der Waals surface area (Å²) in [6.45, 7) is 11.1. The monoisotopic (exact) mass is 340 g/mol. The van der Waals surface area contributed by atoms with Gasteiger partial charge in [-0.2, -0.15) is 0 Å². The number of hydrogen-bond donors (Lipinski definition) is 2. The van der Waals surface area contributed by atoms with Gasteiger partial charge in [-0.15, -0.1) is 0 Å². The fourth-order valence-corrected chi connectivity index (χ4v) is 2.64. The Kier molecular flexibility index (Phi) is 8.12. The van der Waals surface area contributed by atoms with Gasteiger partial charge in [-0.05, 0) is 43.4 Å². The lowest BCUT2D eigenvalue weighted by atomic mass is 9.91. The van der Waals surface area contributed by atoms with Crippen LogP contribution in [0.1, 0.15) is 56.7 Å². The molecule has 136 valence electrons. The molecule has 4 heteroatoms. The zero-order valence-electron chi connectivity index (χ0n) is 16.4. The van der Waals surface area contributed by atoms with E-state index >= 15 is 0 Å². The minimum atomic E-state index is 0.390. The van der Waals surface area contributed by atoms with Gasteiger partial charge in [-0.1, -0.05) is 37.6 Å². The first-order valence-electron chi connectivity index (χ1n) is 8.78. The maximum Gasteiger partial charge on any atom is 0.0441 e. The van der Waals surface area contributed by atoms with Gasteiger partial charge < -0.3 is 11.5 Å². The summed E-state index contributed by atoms with van der Waals surface area (Å²) in [6, 6.07) is 6.40. The lowest BCUT2D eigenvalue weighted by Crippen LogP contribution is -2.10. The highest BCUT2D eigenvalue weighted by atomic mass is 14.7. The van der Waals surface area contributed by atoms with Crippen LogP contribution in [0.2, 0.25) is 0 Å². The summed E-state index contributed by atoms with van der Waals surface area (Å²) in [6.07, 6.45) is 4.27. The third-order valence-electron chi connectivity index (χ3n) is 4.07. The van der Waals surface area contributed by atoms with Crippen molar-refractivity contribution >= 4 is 18.1 Å². The summed E-state index contributed by atoms with van der Waals surface area (Å²) in [5.41, 5.74) is 19.6. The molecule has 0 radical (unpaired) electrons. The molecule has 4 nitrogen and oxygen atoms in total. The second-order valence-electron chi connectivity index (χ2n) is 6.58. The van der Waals surface area contributed by atoms with E-state index in [-0.39, 0.29) is 0 Å². The molecule has 0 aliphatic heterocycles. The molecule has 0 amide bonds. The van der Waals surface area contributed by atoms with E-state index in [4.69, 9.17) is 11.5 Å². The Labute approximate surface area is 152 Å². The van der Waals surface area contributed by atoms with Crippen molar-refractivity contribution in [2.75, 3.05) is 13.6 Å². The van der Waals surface area contributed by atoms with Crippen molar-refractivity contribution in [1.82, 2.24) is 0 Å². The molecule has 1 aromatic rings. The van der Waals surface area contributed by atoms with Gasteiger partial charge >= 0.3 is 0 Å². The van der Waals surface area contributed by atoms with Crippen molar-refractivity contribution in [3.05, 3.63) is 51.7 Å². The fraction of sp³-hybridized carbons (Fsp3) is 0.429. The Morgan fingerprint density at radius 3 is 2.36 bits per heavy atom. The molecule has 0 unspecified atom stereocenters. The summed E-state index contributed by atoms with van der Waals surface area (Å²) in [5, 5.41) is 0. The highest BCUT2D eigenvalue weighted by molar-refractivity contribution is 5.93. The standard InChI is InChI=1S/C21H32N4/c1-7-25-13-17(16(5)22)11-18(12-24-6)21(23)19-9-8-15(4)10-20(19)14(2)3/h8-10,12-14H,7,11,22-23H2,1-6H3. The van der Waals surface area contributed by atoms with Crippen LogP contribution in [-0.2, 0) is 0 Å². The SMILES string of the molecule is CCN=CC(CC(C=NC)=C(N)c1ccc(C)cc1C(C)C)=C(C)N. The molecule has 0 aliphatic rings. The molecule has 0 bridgehead atoms. The van der Waals surface area contributed by atoms with Gasteiger partial charge in [0.05, 0.1) is 0 Å². The number of benzene rings is 1. The predicted molar refractivity (Wildman–Crippen MR) is 111 cm³/mol. The lowest BCUT2D eigenvalue weighted by molar-refractivity contribution is 0.860. The average Bonchev–Trinajstić information content (AvgIpc) is 2.56. The first kappa shape index (κ1) is 20.7. The van der Waals surface area contributed by atoms with E-state index in [1.807, 2.05) is 26.3 Å². The largest absolute Gasteiger partial charge is 0.402 e. The molecule has 0 saturated carbocycles. The Morgan fingerprint density at radius 2 is 1.84 bits per heavy atom. The van der Waals surface area contributed by atoms with Crippen LogP contribution < -0.4 is 11.5 Å². The van der Waals surface area contributed by atoms with E-state index in [9.17, 15) is 0 Å². The maximum absolute atomic E-state index is 6.57. The van der Waals surface area contributed by atoms with Gasteiger partial charge in [0.2, 0.25) is 0 Å². The molecule has 0 saturated heterocycles. The Morgan fingerprint density at radius 1 is 1.16 bits per heavy atom. The second-order valence-corrected chi connectivity index (χ2v) is 6.58. The predicted octanol–water partition coefficient (Wildman–Crippen LogP) is 4.20. The molecular weight excluding hydrogens is 308 g/mol. The van der Waals surface area contributed by atoms with E-state index in [0.29, 0.717) is 12.3 Å². The van der Waals surface area contributed by atoms with Gasteiger partial charge in [0.15, 0.2) is 0 Å². The molecule has 25 heavy (non-hydrogen) atoms. The summed E-state index contributed by atoms with van der Waals surface area (Å²) in [4.78, 5) is 8.52. The zero-order valence-corrected chi connectivity index (χ0v) is 16.4. The molecule has 1 aromatic carbocycles. The summed E-state index contributed by atoms with van der Waals surface area (Å²) < 4.78 is 0. The van der Waals surface area contributed by atoms with Gasteiger partial charge in [0.1, 0.15) is 0 Å². The van der Waals surface area contributed by atoms with Crippen molar-refractivity contribution in [2.45, 2.75) is 47.0 Å². The Bertz CT molecular complexity index is 703. The summed E-state index contributed by atoms with van der Waals surface area (Å²) >= 11 is 0. The van der Waals surface area contributed by atoms with Crippen LogP contribution in [0.25, 0.3) is 5.70 Å². The number of nitrogens with two attached hydrogens (primary N) is 2. The van der Waals surface area contributed by atoms with Crippen molar-refractivity contribution in [3.63, 3.8) is 0 Å². The molecule has 0 aliphatic carbocycles. The number of allylic oxidation sites excluding steroid dienone is 3. The van der Waals surface area contributed by atoms with E-state index in [0.717, 1.165) is 34.6 Å². The molecule has 1 rings (SSSR count). The van der Waals surface area contributed by atoms with Crippen LogP contribution in [0.3, 0.4) is 0 Å². The highest BCUT2D eigenvalue weighted by Gasteiger charge is 2.13. The number of nitrogens with zero attached hydrogens (tertiary/aromatic N) is 2. The third kappa shape index (κ3) is 5.89. The van der Waals surface area contributed by atoms with Crippen LogP contribution in [0.5, 0.6) is 0 Å². The Hall–Kier alpha value is -2.36. The third-order valence-corrected chi connectivity index (χ3v) is 4.07. The van der Waals surface area contributed by atoms with Crippen LogP contribution in [0, 0.1) is 6.92 Å². The van der Waals surface area contributed by atoms with E-state index < -0.39 is 0 Å². The second kappa shape index (κ2) is 9.82. The van der Waals surface area contributed by atoms with Gasteiger partial charge in [0.25, 0.3) is 0 Å². The average molecular weight is 341 g/mol. The molecule has 4 N–H and O–H groups in total. The number of rotatable bonds is 7. The minimum absolute atomic E-state index is 0.390. The van der Waals surface area contributed by atoms with Crippen LogP contribution in [0.15, 0.2) is 45.0 Å². The van der Waals surface area contributed by atoms with Crippen molar-refractivity contribution in [3.8, 4) is 0 Å². The minimum Gasteiger partial charge on any atom is -0.402 e. The van der Waals surface area contributed by atoms with Crippen LogP contribution in [-0.4, -0.2) is 26.0 Å². The number of aryl methyl sites for hydroxylation is 1. The molecule has 0 spiro atoms. The number of hydrogen-bond acceptors (Lipinski definition) is 4. The quantitative estimate of drug-likeness (QED) is 0.730. The first-order chi connectivity index (χ1) is 11.8. The smallest absolute Gasteiger partial charge is 0.0441 e. The normalized spacial score (nSPS) is 14.4. The van der Waals surface area contributed by atoms with Crippen LogP contribution in [0.4, 0.5) is 0 Å². The van der Waals surface area contributed by atoms with Crippen LogP contribution >= 0.6 is 0 Å². The molecule has 0 aromatic heterocycles.